The normalized spacial score (nSPS) is 24.6. The number of hydrogen-bond acceptors (Lipinski definition) is 6. The fourth-order valence-corrected chi connectivity index (χ4v) is 8.68. The summed E-state index contributed by atoms with van der Waals surface area (Å²) in [7, 11) is -3.47. The lowest BCUT2D eigenvalue weighted by atomic mass is 9.91. The highest BCUT2D eigenvalue weighted by Gasteiger charge is 2.40. The van der Waals surface area contributed by atoms with Crippen LogP contribution >= 0.6 is 0 Å². The first-order chi connectivity index (χ1) is 20.6. The molecular weight excluding hydrogens is 564 g/mol. The van der Waals surface area contributed by atoms with Crippen LogP contribution in [0, 0.1) is 17.8 Å². The minimum Gasteiger partial charge on any atom is -0.391 e. The van der Waals surface area contributed by atoms with E-state index in [4.69, 9.17) is 0 Å². The Morgan fingerprint density at radius 1 is 1.07 bits per heavy atom. The second-order valence-corrected chi connectivity index (χ2v) is 14.7. The Bertz CT molecular complexity index is 1380. The van der Waals surface area contributed by atoms with Crippen molar-refractivity contribution in [3.8, 4) is 0 Å². The fourth-order valence-electron chi connectivity index (χ4n) is 7.05. The van der Waals surface area contributed by atoms with E-state index in [1.807, 2.05) is 44.2 Å². The summed E-state index contributed by atoms with van der Waals surface area (Å²) in [6.07, 6.45) is 5.69. The quantitative estimate of drug-likeness (QED) is 0.287. The Morgan fingerprint density at radius 2 is 1.86 bits per heavy atom. The van der Waals surface area contributed by atoms with E-state index in [1.165, 1.54) is 23.6 Å². The molecule has 3 aliphatic rings. The molecule has 2 aromatic rings. The fraction of sp³-hybridized carbons (Fsp3) is 0.576. The predicted octanol–water partition coefficient (Wildman–Crippen LogP) is 4.08. The van der Waals surface area contributed by atoms with Crippen molar-refractivity contribution in [3.63, 3.8) is 0 Å². The minimum atomic E-state index is -3.47. The van der Waals surface area contributed by atoms with Crippen LogP contribution in [0.15, 0.2) is 48.5 Å². The molecular formula is C33H46N4O5S. The van der Waals surface area contributed by atoms with Gasteiger partial charge in [-0.1, -0.05) is 43.7 Å². The number of hydrogen-bond donors (Lipinski definition) is 4. The summed E-state index contributed by atoms with van der Waals surface area (Å²) in [4.78, 5) is 26.8. The van der Waals surface area contributed by atoms with E-state index >= 15 is 0 Å². The van der Waals surface area contributed by atoms with Crippen molar-refractivity contribution in [1.29, 1.82) is 0 Å². The van der Waals surface area contributed by atoms with E-state index in [9.17, 15) is 23.1 Å². The van der Waals surface area contributed by atoms with Gasteiger partial charge in [-0.05, 0) is 87.5 Å². The number of aliphatic hydroxyl groups excluding tert-OH is 1. The molecule has 10 heteroatoms. The van der Waals surface area contributed by atoms with E-state index in [2.05, 4.69) is 16.0 Å². The molecule has 43 heavy (non-hydrogen) atoms. The molecule has 3 unspecified atom stereocenters. The molecule has 0 spiro atoms. The third-order valence-corrected chi connectivity index (χ3v) is 11.3. The highest BCUT2D eigenvalue weighted by molar-refractivity contribution is 7.92. The van der Waals surface area contributed by atoms with E-state index < -0.39 is 34.0 Å². The van der Waals surface area contributed by atoms with Gasteiger partial charge in [0.25, 0.3) is 5.91 Å². The van der Waals surface area contributed by atoms with Gasteiger partial charge in [0.2, 0.25) is 15.9 Å². The maximum atomic E-state index is 13.7. The minimum absolute atomic E-state index is 0.0490. The van der Waals surface area contributed by atoms with Gasteiger partial charge in [0.1, 0.15) is 0 Å². The zero-order valence-corrected chi connectivity index (χ0v) is 26.1. The average Bonchev–Trinajstić information content (AvgIpc) is 3.60. The summed E-state index contributed by atoms with van der Waals surface area (Å²) in [6.45, 7) is 4.74. The number of nitrogens with zero attached hydrogens (tertiary/aromatic N) is 1. The Morgan fingerprint density at radius 3 is 2.53 bits per heavy atom. The highest BCUT2D eigenvalue weighted by atomic mass is 32.2. The van der Waals surface area contributed by atoms with Crippen molar-refractivity contribution in [2.75, 3.05) is 28.5 Å². The van der Waals surface area contributed by atoms with Gasteiger partial charge < -0.3 is 21.1 Å². The Balaban J connectivity index is 1.32. The number of carbonyl (C=O) groups excluding carboxylic acids is 2. The van der Waals surface area contributed by atoms with Gasteiger partial charge in [-0.2, -0.15) is 0 Å². The van der Waals surface area contributed by atoms with Crippen molar-refractivity contribution in [3.05, 3.63) is 59.7 Å². The number of amides is 2. The Hall–Kier alpha value is -3.11. The topological polar surface area (TPSA) is 128 Å². The summed E-state index contributed by atoms with van der Waals surface area (Å²) < 4.78 is 27.1. The van der Waals surface area contributed by atoms with Crippen LogP contribution in [0.4, 0.5) is 11.4 Å². The van der Waals surface area contributed by atoms with Crippen molar-refractivity contribution >= 4 is 33.2 Å². The average molecular weight is 611 g/mol. The predicted molar refractivity (Wildman–Crippen MR) is 170 cm³/mol. The summed E-state index contributed by atoms with van der Waals surface area (Å²) in [5.41, 5.74) is 2.36. The van der Waals surface area contributed by atoms with Crippen LogP contribution in [0.5, 0.6) is 0 Å². The van der Waals surface area contributed by atoms with Gasteiger partial charge in [-0.15, -0.1) is 0 Å². The number of fused-ring (bicyclic) bond motifs is 2. The van der Waals surface area contributed by atoms with Gasteiger partial charge in [0.15, 0.2) is 0 Å². The molecule has 2 bridgehead atoms. The smallest absolute Gasteiger partial charge is 0.251 e. The Labute approximate surface area is 255 Å². The first-order valence-electron chi connectivity index (χ1n) is 15.9. The molecule has 1 aliphatic heterocycles. The molecule has 1 heterocycles. The van der Waals surface area contributed by atoms with Gasteiger partial charge >= 0.3 is 0 Å². The molecule has 0 aromatic heterocycles. The van der Waals surface area contributed by atoms with E-state index in [0.29, 0.717) is 48.8 Å². The summed E-state index contributed by atoms with van der Waals surface area (Å²) in [6, 6.07) is 14.3. The molecule has 2 aliphatic carbocycles. The van der Waals surface area contributed by atoms with Gasteiger partial charge in [0, 0.05) is 36.3 Å². The van der Waals surface area contributed by atoms with Crippen LogP contribution in [0.25, 0.3) is 0 Å². The summed E-state index contributed by atoms with van der Waals surface area (Å²) in [5.74, 6) is 0.500. The van der Waals surface area contributed by atoms with Crippen molar-refractivity contribution in [2.45, 2.75) is 83.4 Å². The lowest BCUT2D eigenvalue weighted by molar-refractivity contribution is -0.126. The molecule has 6 atom stereocenters. The molecule has 1 saturated heterocycles. The van der Waals surface area contributed by atoms with Crippen LogP contribution in [-0.4, -0.2) is 62.4 Å². The van der Waals surface area contributed by atoms with Crippen LogP contribution in [0.3, 0.4) is 0 Å². The number of sulfonamides is 1. The van der Waals surface area contributed by atoms with Gasteiger partial charge in [-0.25, -0.2) is 8.42 Å². The zero-order chi connectivity index (χ0) is 30.6. The summed E-state index contributed by atoms with van der Waals surface area (Å²) >= 11 is 0. The number of benzene rings is 2. The van der Waals surface area contributed by atoms with Gasteiger partial charge in [0.05, 0.1) is 23.6 Å². The molecule has 4 N–H and O–H groups in total. The number of anilines is 2. The molecule has 234 valence electrons. The molecule has 2 aromatic carbocycles. The second-order valence-electron chi connectivity index (χ2n) is 12.7. The summed E-state index contributed by atoms with van der Waals surface area (Å²) in [5, 5.41) is 20.9. The first kappa shape index (κ1) is 31.3. The maximum absolute atomic E-state index is 13.7. The maximum Gasteiger partial charge on any atom is 0.251 e. The molecule has 0 radical (unpaired) electrons. The third-order valence-electron chi connectivity index (χ3n) is 9.39. The van der Waals surface area contributed by atoms with Crippen LogP contribution in [0.2, 0.25) is 0 Å². The highest BCUT2D eigenvalue weighted by Crippen LogP contribution is 2.44. The third kappa shape index (κ3) is 7.70. The Kier molecular flexibility index (Phi) is 9.96. The van der Waals surface area contributed by atoms with E-state index in [0.717, 1.165) is 24.3 Å². The van der Waals surface area contributed by atoms with Gasteiger partial charge in [-0.3, -0.25) is 13.9 Å². The van der Waals surface area contributed by atoms with E-state index in [-0.39, 0.29) is 24.1 Å². The number of carbonyl (C=O) groups is 2. The number of rotatable bonds is 12. The van der Waals surface area contributed by atoms with Crippen LogP contribution < -0.4 is 20.3 Å². The number of aliphatic hydroxyl groups is 1. The van der Waals surface area contributed by atoms with Crippen molar-refractivity contribution in [2.24, 2.45) is 17.8 Å². The van der Waals surface area contributed by atoms with Crippen molar-refractivity contribution < 1.29 is 23.1 Å². The molecule has 5 rings (SSSR count). The van der Waals surface area contributed by atoms with Crippen molar-refractivity contribution in [1.82, 2.24) is 10.6 Å². The number of nitrogens with one attached hydrogen (secondary N) is 3. The lowest BCUT2D eigenvalue weighted by Gasteiger charge is -2.30. The molecule has 3 fully saturated rings. The molecule has 2 amide bonds. The second kappa shape index (κ2) is 13.7. The van der Waals surface area contributed by atoms with Crippen LogP contribution in [0.1, 0.15) is 74.7 Å². The standard InChI is InChI=1S/C33H46N4O5S/c1-3-34-27-19-26(20-28(21-27)37-13-7-8-14-43(37,41)42)33(40)36-30(17-23-9-5-4-6-10-23)31(38)15-22(2)32(39)35-29-18-24-11-12-25(29)16-24/h4-6,9-10,19-22,24-25,29-31,34,38H,3,7-8,11-18H2,1-2H3,(H,35,39)(H,36,40)/t22-,24?,25?,29?,30+,31+/m1/s1. The largest absolute Gasteiger partial charge is 0.391 e. The lowest BCUT2D eigenvalue weighted by Crippen LogP contribution is -2.47. The van der Waals surface area contributed by atoms with Crippen LogP contribution in [-0.2, 0) is 21.2 Å². The molecule has 9 nitrogen and oxygen atoms in total. The SMILES string of the molecule is CCNc1cc(C(=O)N[C@@H](Cc2ccccc2)[C@@H](O)C[C@@H](C)C(=O)NC2CC3CCC2C3)cc(N2CCCCS2(=O)=O)c1. The zero-order valence-electron chi connectivity index (χ0n) is 25.3. The molecule has 2 saturated carbocycles. The monoisotopic (exact) mass is 610 g/mol. The van der Waals surface area contributed by atoms with E-state index in [1.54, 1.807) is 18.2 Å². The first-order valence-corrected chi connectivity index (χ1v) is 17.5.